The average Bonchev–Trinajstić information content (AvgIpc) is 3.06. The van der Waals surface area contributed by atoms with Gasteiger partial charge in [0.1, 0.15) is 0 Å². The van der Waals surface area contributed by atoms with Gasteiger partial charge in [-0.1, -0.05) is 41.4 Å². The molecule has 3 rings (SSSR count). The van der Waals surface area contributed by atoms with Crippen molar-refractivity contribution in [2.75, 3.05) is 0 Å². The quantitative estimate of drug-likeness (QED) is 0.683. The third-order valence-electron chi connectivity index (χ3n) is 3.55. The van der Waals surface area contributed by atoms with Crippen LogP contribution in [0.4, 0.5) is 0 Å². The highest BCUT2D eigenvalue weighted by Crippen LogP contribution is 2.21. The fraction of sp³-hybridized carbons (Fsp3) is 0.118. The highest BCUT2D eigenvalue weighted by Gasteiger charge is 2.28. The van der Waals surface area contributed by atoms with Crippen LogP contribution in [0.2, 0.25) is 5.02 Å². The first-order valence-corrected chi connectivity index (χ1v) is 7.52. The number of nitrogens with zero attached hydrogens (tertiary/aromatic N) is 5. The maximum absolute atomic E-state index is 12.7. The Bertz CT molecular complexity index is 909. The normalized spacial score (nSPS) is 11.7. The van der Waals surface area contributed by atoms with Crippen molar-refractivity contribution in [1.82, 2.24) is 20.2 Å². The second-order valence-electron chi connectivity index (χ2n) is 5.22. The van der Waals surface area contributed by atoms with Crippen molar-refractivity contribution in [2.45, 2.75) is 12.8 Å². The molecule has 7 heteroatoms. The van der Waals surface area contributed by atoms with Crippen molar-refractivity contribution >= 4 is 17.4 Å². The van der Waals surface area contributed by atoms with Gasteiger partial charge in [0.2, 0.25) is 0 Å². The van der Waals surface area contributed by atoms with Crippen LogP contribution in [0.15, 0.2) is 48.5 Å². The number of ketones is 1. The van der Waals surface area contributed by atoms with Gasteiger partial charge >= 0.3 is 0 Å². The van der Waals surface area contributed by atoms with Gasteiger partial charge < -0.3 is 0 Å². The Morgan fingerprint density at radius 2 is 1.83 bits per heavy atom. The first-order valence-electron chi connectivity index (χ1n) is 7.15. The smallest absolute Gasteiger partial charge is 0.187 e. The topological polar surface area (TPSA) is 84.5 Å². The molecule has 0 saturated carbocycles. The van der Waals surface area contributed by atoms with Crippen molar-refractivity contribution in [3.8, 4) is 11.8 Å². The van der Waals surface area contributed by atoms with E-state index in [0.717, 1.165) is 5.56 Å². The van der Waals surface area contributed by atoms with Crippen LogP contribution in [-0.4, -0.2) is 26.0 Å². The Morgan fingerprint density at radius 3 is 2.46 bits per heavy atom. The van der Waals surface area contributed by atoms with E-state index >= 15 is 0 Å². The summed E-state index contributed by atoms with van der Waals surface area (Å²) in [6, 6.07) is 15.8. The second-order valence-corrected chi connectivity index (χ2v) is 5.65. The van der Waals surface area contributed by atoms with Gasteiger partial charge in [0.05, 0.1) is 11.8 Å². The lowest BCUT2D eigenvalue weighted by molar-refractivity contribution is 0.0975. The number of rotatable bonds is 4. The molecule has 1 heterocycles. The molecule has 0 aliphatic rings. The molecule has 3 aromatic rings. The summed E-state index contributed by atoms with van der Waals surface area (Å²) in [5.74, 6) is -1.27. The molecular weight excluding hydrogens is 326 g/mol. The number of aromatic nitrogens is 4. The van der Waals surface area contributed by atoms with Gasteiger partial charge in [-0.25, -0.2) is 0 Å². The molecular formula is C17H12ClN5O. The van der Waals surface area contributed by atoms with E-state index in [4.69, 9.17) is 11.6 Å². The molecule has 0 saturated heterocycles. The molecule has 0 fully saturated rings. The van der Waals surface area contributed by atoms with Crippen molar-refractivity contribution in [3.63, 3.8) is 0 Å². The summed E-state index contributed by atoms with van der Waals surface area (Å²) < 4.78 is 1.37. The minimum absolute atomic E-state index is 0.172. The molecule has 0 aliphatic heterocycles. The van der Waals surface area contributed by atoms with E-state index < -0.39 is 5.92 Å². The van der Waals surface area contributed by atoms with E-state index in [1.165, 1.54) is 4.68 Å². The number of benzene rings is 2. The number of tetrazole rings is 1. The predicted octanol–water partition coefficient (Wildman–Crippen LogP) is 3.11. The van der Waals surface area contributed by atoms with E-state index in [9.17, 15) is 10.1 Å². The van der Waals surface area contributed by atoms with Gasteiger partial charge in [-0.3, -0.25) is 4.79 Å². The Morgan fingerprint density at radius 1 is 1.17 bits per heavy atom. The average molecular weight is 338 g/mol. The zero-order valence-corrected chi connectivity index (χ0v) is 13.5. The Kier molecular flexibility index (Phi) is 4.36. The summed E-state index contributed by atoms with van der Waals surface area (Å²) in [7, 11) is 0. The maximum atomic E-state index is 12.7. The van der Waals surface area contributed by atoms with Gasteiger partial charge in [0.15, 0.2) is 17.5 Å². The van der Waals surface area contributed by atoms with E-state index in [-0.39, 0.29) is 11.6 Å². The third-order valence-corrected chi connectivity index (χ3v) is 3.80. The molecule has 6 nitrogen and oxygen atoms in total. The summed E-state index contributed by atoms with van der Waals surface area (Å²) in [5, 5.41) is 21.4. The first kappa shape index (κ1) is 15.8. The Balaban J connectivity index is 1.99. The SMILES string of the molecule is Cc1ccc(C(=O)[C@@H](C#N)c2nnnn2-c2ccc(Cl)cc2)cc1. The summed E-state index contributed by atoms with van der Waals surface area (Å²) in [4.78, 5) is 12.7. The highest BCUT2D eigenvalue weighted by molar-refractivity contribution is 6.30. The standard InChI is InChI=1S/C17H12ClN5O/c1-11-2-4-12(5-3-11)16(24)15(10-19)17-20-21-22-23(17)14-8-6-13(18)7-9-14/h2-9,15H,1H3/t15-/m1/s1. The van der Waals surface area contributed by atoms with Crippen LogP contribution in [0.1, 0.15) is 27.7 Å². The zero-order valence-electron chi connectivity index (χ0n) is 12.7. The van der Waals surface area contributed by atoms with Crippen molar-refractivity contribution in [3.05, 3.63) is 70.5 Å². The molecule has 0 spiro atoms. The predicted molar refractivity (Wildman–Crippen MR) is 88.0 cm³/mol. The van der Waals surface area contributed by atoms with Crippen molar-refractivity contribution in [1.29, 1.82) is 5.26 Å². The molecule has 0 aliphatic carbocycles. The highest BCUT2D eigenvalue weighted by atomic mass is 35.5. The van der Waals surface area contributed by atoms with E-state index in [1.54, 1.807) is 36.4 Å². The first-order chi connectivity index (χ1) is 11.6. The molecule has 0 amide bonds. The van der Waals surface area contributed by atoms with Crippen LogP contribution in [-0.2, 0) is 0 Å². The van der Waals surface area contributed by atoms with Gasteiger partial charge in [-0.2, -0.15) is 9.94 Å². The lowest BCUT2D eigenvalue weighted by Gasteiger charge is -2.09. The molecule has 0 bridgehead atoms. The number of halogens is 1. The van der Waals surface area contributed by atoms with Crippen molar-refractivity contribution in [2.24, 2.45) is 0 Å². The molecule has 1 aromatic heterocycles. The van der Waals surface area contributed by atoms with E-state index in [1.807, 2.05) is 25.1 Å². The van der Waals surface area contributed by atoms with Crippen LogP contribution in [0.25, 0.3) is 5.69 Å². The lowest BCUT2D eigenvalue weighted by Crippen LogP contribution is -2.16. The van der Waals surface area contributed by atoms with E-state index in [0.29, 0.717) is 16.3 Å². The third kappa shape index (κ3) is 3.03. The molecule has 24 heavy (non-hydrogen) atoms. The van der Waals surface area contributed by atoms with Crippen molar-refractivity contribution < 1.29 is 4.79 Å². The summed E-state index contributed by atoms with van der Waals surface area (Å²) in [6.45, 7) is 1.93. The molecule has 1 atom stereocenters. The summed E-state index contributed by atoms with van der Waals surface area (Å²) in [5.41, 5.74) is 2.10. The van der Waals surface area contributed by atoms with Crippen LogP contribution in [0.5, 0.6) is 0 Å². The maximum Gasteiger partial charge on any atom is 0.187 e. The lowest BCUT2D eigenvalue weighted by atomic mass is 9.97. The minimum Gasteiger partial charge on any atom is -0.292 e. The number of carbonyl (C=O) groups excluding carboxylic acids is 1. The fourth-order valence-electron chi connectivity index (χ4n) is 2.26. The van der Waals surface area contributed by atoms with Gasteiger partial charge in [-0.05, 0) is 41.6 Å². The molecule has 118 valence electrons. The summed E-state index contributed by atoms with van der Waals surface area (Å²) >= 11 is 5.88. The number of hydrogen-bond donors (Lipinski definition) is 0. The molecule has 0 N–H and O–H groups in total. The van der Waals surface area contributed by atoms with Gasteiger partial charge in [-0.15, -0.1) is 5.10 Å². The molecule has 2 aromatic carbocycles. The Hall–Kier alpha value is -3.04. The van der Waals surface area contributed by atoms with Crippen LogP contribution in [0.3, 0.4) is 0 Å². The summed E-state index contributed by atoms with van der Waals surface area (Å²) in [6.07, 6.45) is 0. The second kappa shape index (κ2) is 6.60. The number of aryl methyl sites for hydroxylation is 1. The number of hydrogen-bond acceptors (Lipinski definition) is 5. The molecule has 0 radical (unpaired) electrons. The van der Waals surface area contributed by atoms with Crippen LogP contribution in [0, 0.1) is 18.3 Å². The molecule has 0 unspecified atom stereocenters. The fourth-order valence-corrected chi connectivity index (χ4v) is 2.38. The Labute approximate surface area is 143 Å². The van der Waals surface area contributed by atoms with Crippen LogP contribution >= 0.6 is 11.6 Å². The van der Waals surface area contributed by atoms with Gasteiger partial charge in [0, 0.05) is 10.6 Å². The number of carbonyl (C=O) groups is 1. The largest absolute Gasteiger partial charge is 0.292 e. The van der Waals surface area contributed by atoms with E-state index in [2.05, 4.69) is 15.5 Å². The monoisotopic (exact) mass is 337 g/mol. The zero-order chi connectivity index (χ0) is 17.1. The number of Topliss-reactive ketones (excluding diaryl/α,β-unsaturated/α-hetero) is 1. The number of nitriles is 1. The van der Waals surface area contributed by atoms with Crippen LogP contribution < -0.4 is 0 Å². The minimum atomic E-state index is -1.10. The van der Waals surface area contributed by atoms with Gasteiger partial charge in [0.25, 0.3) is 0 Å².